The molecule has 0 aromatic carbocycles. The first-order valence-corrected chi connectivity index (χ1v) is 9.50. The second kappa shape index (κ2) is 7.04. The molecule has 0 amide bonds. The number of rotatable bonds is 4. The fraction of sp³-hybridized carbons (Fsp3) is 0.238. The van der Waals surface area contributed by atoms with E-state index in [1.54, 1.807) is 16.9 Å². The average Bonchev–Trinajstić information content (AvgIpc) is 3.38. The van der Waals surface area contributed by atoms with Crippen LogP contribution in [0.15, 0.2) is 48.9 Å². The summed E-state index contributed by atoms with van der Waals surface area (Å²) in [5.74, 6) is 0.582. The van der Waals surface area contributed by atoms with Crippen molar-refractivity contribution in [2.24, 2.45) is 0 Å². The molecule has 0 spiro atoms. The van der Waals surface area contributed by atoms with Crippen LogP contribution in [0.1, 0.15) is 30.0 Å². The van der Waals surface area contributed by atoms with Gasteiger partial charge in [0.2, 0.25) is 0 Å². The number of aromatic nitrogens is 5. The molecule has 5 heterocycles. The molecule has 1 aliphatic rings. The van der Waals surface area contributed by atoms with Crippen molar-refractivity contribution in [3.8, 4) is 23.1 Å². The molecule has 0 bridgehead atoms. The Morgan fingerprint density at radius 3 is 3.03 bits per heavy atom. The highest BCUT2D eigenvalue weighted by Crippen LogP contribution is 2.32. The number of hydrogen-bond donors (Lipinski definition) is 1. The van der Waals surface area contributed by atoms with E-state index in [1.165, 1.54) is 0 Å². The Balaban J connectivity index is 1.60. The maximum Gasteiger partial charge on any atom is 0.148 e. The number of fused-ring (bicyclic) bond motifs is 2. The molecule has 0 saturated carbocycles. The Labute approximate surface area is 167 Å². The zero-order valence-corrected chi connectivity index (χ0v) is 15.9. The van der Waals surface area contributed by atoms with Crippen molar-refractivity contribution in [2.75, 3.05) is 6.54 Å². The number of ether oxygens (including phenoxy) is 1. The maximum atomic E-state index is 9.50. The van der Waals surface area contributed by atoms with Crippen LogP contribution in [-0.2, 0) is 13.1 Å². The lowest BCUT2D eigenvalue weighted by Crippen LogP contribution is -2.28. The van der Waals surface area contributed by atoms with Crippen molar-refractivity contribution >= 4 is 5.52 Å². The summed E-state index contributed by atoms with van der Waals surface area (Å²) in [6, 6.07) is 11.9. The lowest BCUT2D eigenvalue weighted by molar-refractivity contribution is 0.224. The number of pyridine rings is 2. The summed E-state index contributed by atoms with van der Waals surface area (Å²) < 4.78 is 9.97. The predicted molar refractivity (Wildman–Crippen MR) is 106 cm³/mol. The van der Waals surface area contributed by atoms with Gasteiger partial charge in [0.25, 0.3) is 0 Å². The first-order chi connectivity index (χ1) is 14.2. The van der Waals surface area contributed by atoms with Crippen LogP contribution in [0.3, 0.4) is 0 Å². The highest BCUT2D eigenvalue weighted by atomic mass is 16.5. The molecule has 144 valence electrons. The van der Waals surface area contributed by atoms with Crippen LogP contribution in [-0.4, -0.2) is 30.9 Å². The first-order valence-electron chi connectivity index (χ1n) is 9.50. The van der Waals surface area contributed by atoms with Gasteiger partial charge < -0.3 is 10.1 Å². The van der Waals surface area contributed by atoms with Crippen LogP contribution in [0, 0.1) is 11.3 Å². The van der Waals surface area contributed by atoms with E-state index < -0.39 is 0 Å². The quantitative estimate of drug-likeness (QED) is 0.581. The first kappa shape index (κ1) is 17.4. The van der Waals surface area contributed by atoms with Gasteiger partial charge in [-0.25, -0.2) is 4.52 Å². The van der Waals surface area contributed by atoms with Crippen LogP contribution in [0.4, 0.5) is 0 Å². The minimum Gasteiger partial charge on any atom is -0.482 e. The van der Waals surface area contributed by atoms with Crippen molar-refractivity contribution in [3.63, 3.8) is 0 Å². The molecule has 0 fully saturated rings. The van der Waals surface area contributed by atoms with Gasteiger partial charge in [-0.3, -0.25) is 9.67 Å². The Morgan fingerprint density at radius 2 is 2.24 bits per heavy atom. The van der Waals surface area contributed by atoms with Gasteiger partial charge in [0, 0.05) is 31.0 Å². The molecule has 0 radical (unpaired) electrons. The van der Waals surface area contributed by atoms with Crippen LogP contribution < -0.4 is 10.1 Å². The summed E-state index contributed by atoms with van der Waals surface area (Å²) in [6.45, 7) is 4.50. The SMILES string of the molecule is CC(Oc1cc(-c2cc3n(n2)CCNC3)cn2ncc(C#N)c12)c1ccccn1. The van der Waals surface area contributed by atoms with Gasteiger partial charge in [-0.15, -0.1) is 0 Å². The van der Waals surface area contributed by atoms with E-state index in [1.807, 2.05) is 42.1 Å². The third-order valence-corrected chi connectivity index (χ3v) is 5.07. The molecule has 8 nitrogen and oxygen atoms in total. The molecule has 1 N–H and O–H groups in total. The van der Waals surface area contributed by atoms with E-state index in [-0.39, 0.29) is 6.10 Å². The molecule has 1 atom stereocenters. The number of nitrogens with one attached hydrogen (secondary N) is 1. The summed E-state index contributed by atoms with van der Waals surface area (Å²) in [7, 11) is 0. The van der Waals surface area contributed by atoms with Gasteiger partial charge in [-0.2, -0.15) is 15.5 Å². The standard InChI is InChI=1S/C21H19N7O/c1-14(18-4-2-3-5-24-18)29-20-8-15(13-28-21(20)16(10-22)11-25-28)19-9-17-12-23-6-7-27(17)26-19/h2-5,8-9,11,13-14,23H,6-7,12H2,1H3. The van der Waals surface area contributed by atoms with Gasteiger partial charge in [0.1, 0.15) is 29.0 Å². The van der Waals surface area contributed by atoms with Gasteiger partial charge in [-0.05, 0) is 31.2 Å². The van der Waals surface area contributed by atoms with Crippen molar-refractivity contribution in [2.45, 2.75) is 26.1 Å². The third kappa shape index (κ3) is 3.11. The summed E-state index contributed by atoms with van der Waals surface area (Å²) in [5, 5.41) is 21.9. The van der Waals surface area contributed by atoms with Gasteiger partial charge in [-0.1, -0.05) is 6.07 Å². The second-order valence-electron chi connectivity index (χ2n) is 6.99. The molecule has 5 rings (SSSR count). The Kier molecular flexibility index (Phi) is 4.22. The lowest BCUT2D eigenvalue weighted by atomic mass is 10.1. The normalized spacial score (nSPS) is 14.3. The monoisotopic (exact) mass is 385 g/mol. The predicted octanol–water partition coefficient (Wildman–Crippen LogP) is 2.71. The van der Waals surface area contributed by atoms with E-state index in [0.717, 1.165) is 42.3 Å². The Hall–Kier alpha value is -3.70. The van der Waals surface area contributed by atoms with Crippen LogP contribution in [0.25, 0.3) is 16.8 Å². The molecule has 8 heteroatoms. The fourth-order valence-electron chi connectivity index (χ4n) is 3.60. The summed E-state index contributed by atoms with van der Waals surface area (Å²) in [5.41, 5.74) is 4.81. The molecule has 1 unspecified atom stereocenters. The topological polar surface area (TPSA) is 93.1 Å². The van der Waals surface area contributed by atoms with Gasteiger partial charge in [0.15, 0.2) is 0 Å². The van der Waals surface area contributed by atoms with Crippen molar-refractivity contribution in [1.82, 2.24) is 29.7 Å². The molecule has 0 saturated heterocycles. The van der Waals surface area contributed by atoms with Gasteiger partial charge in [0.05, 0.1) is 29.8 Å². The minimum absolute atomic E-state index is 0.281. The van der Waals surface area contributed by atoms with E-state index in [0.29, 0.717) is 16.8 Å². The molecule has 29 heavy (non-hydrogen) atoms. The fourth-order valence-corrected chi connectivity index (χ4v) is 3.60. The highest BCUT2D eigenvalue weighted by Gasteiger charge is 2.19. The minimum atomic E-state index is -0.281. The summed E-state index contributed by atoms with van der Waals surface area (Å²) >= 11 is 0. The van der Waals surface area contributed by atoms with Crippen molar-refractivity contribution in [1.29, 1.82) is 5.26 Å². The lowest BCUT2D eigenvalue weighted by Gasteiger charge is -2.16. The van der Waals surface area contributed by atoms with Crippen LogP contribution >= 0.6 is 0 Å². The average molecular weight is 385 g/mol. The highest BCUT2D eigenvalue weighted by molar-refractivity contribution is 5.74. The zero-order valence-electron chi connectivity index (χ0n) is 15.9. The molecule has 4 aromatic heterocycles. The molecule has 4 aromatic rings. The smallest absolute Gasteiger partial charge is 0.148 e. The van der Waals surface area contributed by atoms with E-state index in [9.17, 15) is 5.26 Å². The largest absolute Gasteiger partial charge is 0.482 e. The third-order valence-electron chi connectivity index (χ3n) is 5.07. The molecule has 1 aliphatic heterocycles. The van der Waals surface area contributed by atoms with Crippen molar-refractivity contribution < 1.29 is 4.74 Å². The van der Waals surface area contributed by atoms with Gasteiger partial charge >= 0.3 is 0 Å². The Bertz CT molecular complexity index is 1200. The van der Waals surface area contributed by atoms with Crippen LogP contribution in [0.2, 0.25) is 0 Å². The number of nitriles is 1. The molecule has 0 aliphatic carbocycles. The van der Waals surface area contributed by atoms with Crippen LogP contribution in [0.5, 0.6) is 5.75 Å². The molecular weight excluding hydrogens is 366 g/mol. The van der Waals surface area contributed by atoms with E-state index in [4.69, 9.17) is 9.84 Å². The van der Waals surface area contributed by atoms with Crippen molar-refractivity contribution in [3.05, 3.63) is 65.9 Å². The summed E-state index contributed by atoms with van der Waals surface area (Å²) in [4.78, 5) is 4.37. The zero-order chi connectivity index (χ0) is 19.8. The second-order valence-corrected chi connectivity index (χ2v) is 6.99. The maximum absolute atomic E-state index is 9.50. The molecular formula is C21H19N7O. The Morgan fingerprint density at radius 1 is 1.31 bits per heavy atom. The number of nitrogens with zero attached hydrogens (tertiary/aromatic N) is 6. The van der Waals surface area contributed by atoms with E-state index in [2.05, 4.69) is 27.5 Å². The summed E-state index contributed by atoms with van der Waals surface area (Å²) in [6.07, 6.45) is 4.90. The number of hydrogen-bond acceptors (Lipinski definition) is 6. The van der Waals surface area contributed by atoms with E-state index >= 15 is 0 Å².